The van der Waals surface area contributed by atoms with Crippen molar-refractivity contribution >= 4 is 40.9 Å². The number of ether oxygens (including phenoxy) is 3. The zero-order valence-corrected chi connectivity index (χ0v) is 24.9. The molecule has 0 aromatic heterocycles. The number of nitrogens with zero attached hydrogens (tertiary/aromatic N) is 1. The number of benzene rings is 3. The van der Waals surface area contributed by atoms with Gasteiger partial charge in [0.15, 0.2) is 6.61 Å². The van der Waals surface area contributed by atoms with Gasteiger partial charge < -0.3 is 19.1 Å². The summed E-state index contributed by atoms with van der Waals surface area (Å²) in [5.41, 5.74) is 1.74. The predicted octanol–water partition coefficient (Wildman–Crippen LogP) is 7.74. The average molecular weight is 599 g/mol. The van der Waals surface area contributed by atoms with Crippen molar-refractivity contribution in [1.82, 2.24) is 4.90 Å². The Morgan fingerprint density at radius 1 is 0.900 bits per heavy atom. The second kappa shape index (κ2) is 15.8. The van der Waals surface area contributed by atoms with Gasteiger partial charge in [0.2, 0.25) is 0 Å². The minimum absolute atomic E-state index is 0.188. The van der Waals surface area contributed by atoms with Crippen LogP contribution in [-0.2, 0) is 9.53 Å². The SMILES string of the molecule is CCOC(=O)COc1ccc(Sc2cc(C#Cc3ccc(Cl)cc3)cc(OCCCN3CCCCC3)c2)cc1Cl. The first-order chi connectivity index (χ1) is 19.5. The molecule has 3 aromatic carbocycles. The topological polar surface area (TPSA) is 48.0 Å². The highest BCUT2D eigenvalue weighted by Crippen LogP contribution is 2.35. The van der Waals surface area contributed by atoms with Crippen LogP contribution in [0.15, 0.2) is 70.5 Å². The van der Waals surface area contributed by atoms with Gasteiger partial charge in [-0.25, -0.2) is 4.79 Å². The molecule has 5 nitrogen and oxygen atoms in total. The van der Waals surface area contributed by atoms with Gasteiger partial charge in [0.05, 0.1) is 18.2 Å². The van der Waals surface area contributed by atoms with Gasteiger partial charge in [-0.05, 0) is 99.9 Å². The van der Waals surface area contributed by atoms with Crippen molar-refractivity contribution in [1.29, 1.82) is 0 Å². The largest absolute Gasteiger partial charge is 0.493 e. The summed E-state index contributed by atoms with van der Waals surface area (Å²) in [5, 5.41) is 1.10. The lowest BCUT2D eigenvalue weighted by molar-refractivity contribution is -0.145. The van der Waals surface area contributed by atoms with Crippen LogP contribution < -0.4 is 9.47 Å². The molecule has 0 bridgehead atoms. The molecule has 1 fully saturated rings. The molecule has 0 radical (unpaired) electrons. The van der Waals surface area contributed by atoms with E-state index >= 15 is 0 Å². The number of piperidine rings is 1. The van der Waals surface area contributed by atoms with E-state index in [2.05, 4.69) is 16.7 Å². The highest BCUT2D eigenvalue weighted by atomic mass is 35.5. The zero-order chi connectivity index (χ0) is 28.2. The van der Waals surface area contributed by atoms with E-state index in [1.807, 2.05) is 54.6 Å². The van der Waals surface area contributed by atoms with Crippen LogP contribution in [0.2, 0.25) is 10.0 Å². The molecule has 1 aliphatic rings. The third-order valence-electron chi connectivity index (χ3n) is 6.20. The van der Waals surface area contributed by atoms with Gasteiger partial charge in [-0.1, -0.05) is 53.2 Å². The molecule has 40 heavy (non-hydrogen) atoms. The molecule has 0 aliphatic carbocycles. The second-order valence-corrected chi connectivity index (χ2v) is 11.3. The number of halogens is 2. The quantitative estimate of drug-likeness (QED) is 0.128. The summed E-state index contributed by atoms with van der Waals surface area (Å²) in [5.74, 6) is 7.25. The molecule has 0 N–H and O–H groups in total. The summed E-state index contributed by atoms with van der Waals surface area (Å²) >= 11 is 14.0. The smallest absolute Gasteiger partial charge is 0.344 e. The van der Waals surface area contributed by atoms with Gasteiger partial charge in [-0.2, -0.15) is 0 Å². The van der Waals surface area contributed by atoms with Crippen molar-refractivity contribution in [2.24, 2.45) is 0 Å². The second-order valence-electron chi connectivity index (χ2n) is 9.34. The van der Waals surface area contributed by atoms with Crippen molar-refractivity contribution in [3.63, 3.8) is 0 Å². The molecular weight excluding hydrogens is 565 g/mol. The number of likely N-dealkylation sites (tertiary alicyclic amines) is 1. The Balaban J connectivity index is 1.46. The molecule has 4 rings (SSSR count). The van der Waals surface area contributed by atoms with E-state index in [9.17, 15) is 4.79 Å². The Bertz CT molecular complexity index is 1330. The fourth-order valence-corrected chi connectivity index (χ4v) is 5.63. The Morgan fingerprint density at radius 3 is 2.42 bits per heavy atom. The van der Waals surface area contributed by atoms with Gasteiger partial charge in [0, 0.05) is 32.5 Å². The maximum absolute atomic E-state index is 11.6. The maximum Gasteiger partial charge on any atom is 0.344 e. The molecule has 1 aliphatic heterocycles. The molecule has 0 amide bonds. The molecule has 8 heteroatoms. The van der Waals surface area contributed by atoms with Gasteiger partial charge in [0.1, 0.15) is 11.5 Å². The first-order valence-corrected chi connectivity index (χ1v) is 15.1. The summed E-state index contributed by atoms with van der Waals surface area (Å²) in [7, 11) is 0. The standard InChI is InChI=1S/C32H33Cl2NO4S/c1-2-37-32(36)23-39-31-14-13-28(22-30(31)34)40-29-20-25(8-7-24-9-11-26(33)12-10-24)19-27(21-29)38-18-6-17-35-15-4-3-5-16-35/h9-14,19-22H,2-6,15-18,23H2,1H3. The molecule has 0 atom stereocenters. The number of carbonyl (C=O) groups is 1. The number of esters is 1. The maximum atomic E-state index is 11.6. The zero-order valence-electron chi connectivity index (χ0n) is 22.6. The summed E-state index contributed by atoms with van der Waals surface area (Å²) in [6, 6.07) is 19.0. The minimum atomic E-state index is -0.433. The summed E-state index contributed by atoms with van der Waals surface area (Å²) in [6.45, 7) is 5.94. The number of hydrogen-bond donors (Lipinski definition) is 0. The lowest BCUT2D eigenvalue weighted by Gasteiger charge is -2.26. The van der Waals surface area contributed by atoms with Crippen LogP contribution in [0.4, 0.5) is 0 Å². The first-order valence-electron chi connectivity index (χ1n) is 13.5. The molecule has 1 heterocycles. The van der Waals surface area contributed by atoms with E-state index in [4.69, 9.17) is 37.4 Å². The number of hydrogen-bond acceptors (Lipinski definition) is 6. The van der Waals surface area contributed by atoms with E-state index in [0.717, 1.165) is 39.6 Å². The van der Waals surface area contributed by atoms with Crippen LogP contribution in [0.1, 0.15) is 43.7 Å². The van der Waals surface area contributed by atoms with Crippen molar-refractivity contribution in [2.75, 3.05) is 39.5 Å². The molecule has 0 spiro atoms. The van der Waals surface area contributed by atoms with E-state index in [0.29, 0.717) is 29.0 Å². The summed E-state index contributed by atoms with van der Waals surface area (Å²) < 4.78 is 16.6. The van der Waals surface area contributed by atoms with Crippen molar-refractivity contribution < 1.29 is 19.0 Å². The Hall–Kier alpha value is -2.82. The van der Waals surface area contributed by atoms with Crippen molar-refractivity contribution in [3.8, 4) is 23.3 Å². The lowest BCUT2D eigenvalue weighted by atomic mass is 10.1. The molecular formula is C32H33Cl2NO4S. The van der Waals surface area contributed by atoms with Gasteiger partial charge in [0.25, 0.3) is 0 Å². The van der Waals surface area contributed by atoms with Gasteiger partial charge >= 0.3 is 5.97 Å². The lowest BCUT2D eigenvalue weighted by Crippen LogP contribution is -2.31. The fourth-order valence-electron chi connectivity index (χ4n) is 4.26. The van der Waals surface area contributed by atoms with Crippen molar-refractivity contribution in [3.05, 3.63) is 81.8 Å². The van der Waals surface area contributed by atoms with Crippen LogP contribution in [0.25, 0.3) is 0 Å². The van der Waals surface area contributed by atoms with Gasteiger partial charge in [-0.3, -0.25) is 0 Å². The molecule has 3 aromatic rings. The van der Waals surface area contributed by atoms with Crippen LogP contribution >= 0.6 is 35.0 Å². The molecule has 0 saturated carbocycles. The Labute approximate surface area is 251 Å². The summed E-state index contributed by atoms with van der Waals surface area (Å²) in [4.78, 5) is 16.0. The molecule has 210 valence electrons. The monoisotopic (exact) mass is 597 g/mol. The van der Waals surface area contributed by atoms with Crippen LogP contribution in [0.3, 0.4) is 0 Å². The van der Waals surface area contributed by atoms with E-state index < -0.39 is 5.97 Å². The summed E-state index contributed by atoms with van der Waals surface area (Å²) in [6.07, 6.45) is 4.90. The van der Waals surface area contributed by atoms with E-state index in [1.54, 1.807) is 24.8 Å². The Morgan fingerprint density at radius 2 is 1.68 bits per heavy atom. The number of rotatable bonds is 11. The molecule has 0 unspecified atom stereocenters. The average Bonchev–Trinajstić information content (AvgIpc) is 2.95. The number of carbonyl (C=O) groups excluding carboxylic acids is 1. The highest BCUT2D eigenvalue weighted by molar-refractivity contribution is 7.99. The third-order valence-corrected chi connectivity index (χ3v) is 7.71. The van der Waals surface area contributed by atoms with Gasteiger partial charge in [-0.15, -0.1) is 0 Å². The molecule has 1 saturated heterocycles. The first kappa shape index (κ1) is 30.1. The predicted molar refractivity (Wildman–Crippen MR) is 162 cm³/mol. The van der Waals surface area contributed by atoms with Crippen molar-refractivity contribution in [2.45, 2.75) is 42.4 Å². The van der Waals surface area contributed by atoms with E-state index in [1.165, 1.54) is 32.4 Å². The highest BCUT2D eigenvalue weighted by Gasteiger charge is 2.11. The normalized spacial score (nSPS) is 13.3. The Kier molecular flexibility index (Phi) is 11.9. The van der Waals surface area contributed by atoms with E-state index in [-0.39, 0.29) is 6.61 Å². The fraction of sp³-hybridized carbons (Fsp3) is 0.344. The van der Waals surface area contributed by atoms with Crippen LogP contribution in [0.5, 0.6) is 11.5 Å². The van der Waals surface area contributed by atoms with Crippen LogP contribution in [0, 0.1) is 11.8 Å². The minimum Gasteiger partial charge on any atom is -0.493 e. The van der Waals surface area contributed by atoms with Crippen LogP contribution in [-0.4, -0.2) is 50.3 Å². The third kappa shape index (κ3) is 9.98.